The van der Waals surface area contributed by atoms with Gasteiger partial charge in [0.1, 0.15) is 5.75 Å². The molecular formula is C24H27N3O5S. The number of ether oxygens (including phenoxy) is 2. The Morgan fingerprint density at radius 1 is 1.12 bits per heavy atom. The Bertz CT molecular complexity index is 1240. The van der Waals surface area contributed by atoms with E-state index in [4.69, 9.17) is 9.47 Å². The molecule has 0 saturated heterocycles. The SMILES string of the molecule is COC(=O)c1ccc2c(=O)n(CC(C)C)c(SC(C)C(=O)Nc3cccc(OC)c3)nc2c1. The molecule has 0 bridgehead atoms. The maximum atomic E-state index is 13.2. The van der Waals surface area contributed by atoms with Crippen molar-refractivity contribution in [2.24, 2.45) is 5.92 Å². The van der Waals surface area contributed by atoms with Crippen LogP contribution in [0.25, 0.3) is 10.9 Å². The van der Waals surface area contributed by atoms with Gasteiger partial charge in [0.2, 0.25) is 5.91 Å². The highest BCUT2D eigenvalue weighted by Crippen LogP contribution is 2.25. The Morgan fingerprint density at radius 2 is 1.88 bits per heavy atom. The van der Waals surface area contributed by atoms with Gasteiger partial charge in [-0.05, 0) is 43.2 Å². The number of nitrogens with zero attached hydrogens (tertiary/aromatic N) is 2. The summed E-state index contributed by atoms with van der Waals surface area (Å²) in [6.07, 6.45) is 0. The zero-order chi connectivity index (χ0) is 24.1. The number of esters is 1. The van der Waals surface area contributed by atoms with Gasteiger partial charge in [-0.1, -0.05) is 31.7 Å². The minimum atomic E-state index is -0.539. The molecule has 0 aliphatic rings. The van der Waals surface area contributed by atoms with Crippen molar-refractivity contribution in [3.05, 3.63) is 58.4 Å². The van der Waals surface area contributed by atoms with Gasteiger partial charge in [-0.2, -0.15) is 0 Å². The van der Waals surface area contributed by atoms with Crippen LogP contribution in [0.15, 0.2) is 52.4 Å². The molecule has 0 spiro atoms. The molecule has 0 aliphatic heterocycles. The zero-order valence-electron chi connectivity index (χ0n) is 19.2. The summed E-state index contributed by atoms with van der Waals surface area (Å²) < 4.78 is 11.6. The van der Waals surface area contributed by atoms with Crippen LogP contribution in [0.2, 0.25) is 0 Å². The molecular weight excluding hydrogens is 442 g/mol. The van der Waals surface area contributed by atoms with Gasteiger partial charge in [0.25, 0.3) is 5.56 Å². The largest absolute Gasteiger partial charge is 0.497 e. The Labute approximate surface area is 196 Å². The van der Waals surface area contributed by atoms with Crippen molar-refractivity contribution in [1.29, 1.82) is 0 Å². The summed E-state index contributed by atoms with van der Waals surface area (Å²) in [5.74, 6) is 0.0837. The van der Waals surface area contributed by atoms with Crippen molar-refractivity contribution < 1.29 is 19.1 Å². The molecule has 0 radical (unpaired) electrons. The second-order valence-corrected chi connectivity index (χ2v) is 9.22. The number of anilines is 1. The van der Waals surface area contributed by atoms with E-state index in [1.54, 1.807) is 55.0 Å². The van der Waals surface area contributed by atoms with Crippen LogP contribution in [0.3, 0.4) is 0 Å². The molecule has 1 atom stereocenters. The number of hydrogen-bond acceptors (Lipinski definition) is 7. The smallest absolute Gasteiger partial charge is 0.337 e. The first-order valence-electron chi connectivity index (χ1n) is 10.5. The lowest BCUT2D eigenvalue weighted by Gasteiger charge is -2.18. The number of aromatic nitrogens is 2. The predicted molar refractivity (Wildman–Crippen MR) is 129 cm³/mol. The van der Waals surface area contributed by atoms with Crippen LogP contribution < -0.4 is 15.6 Å². The molecule has 33 heavy (non-hydrogen) atoms. The van der Waals surface area contributed by atoms with Crippen LogP contribution in [0.1, 0.15) is 31.1 Å². The minimum Gasteiger partial charge on any atom is -0.497 e. The highest BCUT2D eigenvalue weighted by molar-refractivity contribution is 8.00. The predicted octanol–water partition coefficient (Wildman–Crippen LogP) is 3.97. The maximum Gasteiger partial charge on any atom is 0.337 e. The fraction of sp³-hybridized carbons (Fsp3) is 0.333. The summed E-state index contributed by atoms with van der Waals surface area (Å²) in [6, 6.07) is 11.8. The van der Waals surface area contributed by atoms with Crippen molar-refractivity contribution in [2.75, 3.05) is 19.5 Å². The first-order chi connectivity index (χ1) is 15.7. The number of carbonyl (C=O) groups excluding carboxylic acids is 2. The fourth-order valence-corrected chi connectivity index (χ4v) is 4.14. The van der Waals surface area contributed by atoms with E-state index in [9.17, 15) is 14.4 Å². The standard InChI is InChI=1S/C24H27N3O5S/c1-14(2)13-27-22(29)19-10-9-16(23(30)32-5)11-20(19)26-24(27)33-15(3)21(28)25-17-7-6-8-18(12-17)31-4/h6-12,14-15H,13H2,1-5H3,(H,25,28). The second kappa shape index (κ2) is 10.5. The van der Waals surface area contributed by atoms with Gasteiger partial charge >= 0.3 is 5.97 Å². The molecule has 8 nitrogen and oxygen atoms in total. The Kier molecular flexibility index (Phi) is 7.75. The van der Waals surface area contributed by atoms with E-state index in [2.05, 4.69) is 10.3 Å². The number of carbonyl (C=O) groups is 2. The van der Waals surface area contributed by atoms with Crippen LogP contribution in [0, 0.1) is 5.92 Å². The van der Waals surface area contributed by atoms with Crippen LogP contribution >= 0.6 is 11.8 Å². The van der Waals surface area contributed by atoms with Gasteiger partial charge in [-0.3, -0.25) is 14.2 Å². The van der Waals surface area contributed by atoms with Crippen LogP contribution in [0.4, 0.5) is 5.69 Å². The molecule has 1 heterocycles. The van der Waals surface area contributed by atoms with Gasteiger partial charge < -0.3 is 14.8 Å². The van der Waals surface area contributed by atoms with E-state index >= 15 is 0 Å². The maximum absolute atomic E-state index is 13.2. The molecule has 2 aromatic carbocycles. The molecule has 0 saturated carbocycles. The second-order valence-electron chi connectivity index (χ2n) is 7.91. The monoisotopic (exact) mass is 469 g/mol. The van der Waals surface area contributed by atoms with E-state index in [1.807, 2.05) is 13.8 Å². The summed E-state index contributed by atoms with van der Waals surface area (Å²) in [5, 5.41) is 3.14. The molecule has 1 amide bonds. The third kappa shape index (κ3) is 5.73. The van der Waals surface area contributed by atoms with Gasteiger partial charge in [-0.15, -0.1) is 0 Å². The summed E-state index contributed by atoms with van der Waals surface area (Å²) in [5.41, 5.74) is 1.08. The molecule has 1 aromatic heterocycles. The number of hydrogen-bond donors (Lipinski definition) is 1. The van der Waals surface area contributed by atoms with Gasteiger partial charge in [0.15, 0.2) is 5.16 Å². The third-order valence-corrected chi connectivity index (χ3v) is 5.97. The minimum absolute atomic E-state index is 0.191. The Hall–Kier alpha value is -3.33. The number of amides is 1. The first-order valence-corrected chi connectivity index (χ1v) is 11.4. The van der Waals surface area contributed by atoms with E-state index in [-0.39, 0.29) is 17.4 Å². The number of nitrogens with one attached hydrogen (secondary N) is 1. The molecule has 3 aromatic rings. The summed E-state index contributed by atoms with van der Waals surface area (Å²) in [4.78, 5) is 42.6. The van der Waals surface area contributed by atoms with Gasteiger partial charge in [0.05, 0.1) is 35.9 Å². The average molecular weight is 470 g/mol. The zero-order valence-corrected chi connectivity index (χ0v) is 20.1. The van der Waals surface area contributed by atoms with Crippen LogP contribution in [-0.4, -0.2) is 40.9 Å². The van der Waals surface area contributed by atoms with Crippen LogP contribution in [0.5, 0.6) is 5.75 Å². The highest BCUT2D eigenvalue weighted by Gasteiger charge is 2.21. The number of rotatable bonds is 8. The molecule has 0 aliphatic carbocycles. The summed E-state index contributed by atoms with van der Waals surface area (Å²) >= 11 is 1.19. The van der Waals surface area contributed by atoms with Crippen molar-refractivity contribution in [2.45, 2.75) is 37.7 Å². The Morgan fingerprint density at radius 3 is 2.55 bits per heavy atom. The van der Waals surface area contributed by atoms with Crippen molar-refractivity contribution in [3.8, 4) is 5.75 Å². The number of thioether (sulfide) groups is 1. The topological polar surface area (TPSA) is 99.5 Å². The quantitative estimate of drug-likeness (QED) is 0.303. The molecule has 1 unspecified atom stereocenters. The number of benzene rings is 2. The highest BCUT2D eigenvalue weighted by atomic mass is 32.2. The average Bonchev–Trinajstić information content (AvgIpc) is 2.80. The number of methoxy groups -OCH3 is 2. The first kappa shape index (κ1) is 24.3. The van der Waals surface area contributed by atoms with Gasteiger partial charge in [-0.25, -0.2) is 9.78 Å². The lowest BCUT2D eigenvalue weighted by Crippen LogP contribution is -2.28. The third-order valence-electron chi connectivity index (χ3n) is 4.88. The van der Waals surface area contributed by atoms with E-state index < -0.39 is 11.2 Å². The normalized spacial score (nSPS) is 11.9. The lowest BCUT2D eigenvalue weighted by molar-refractivity contribution is -0.115. The van der Waals surface area contributed by atoms with E-state index in [0.29, 0.717) is 39.6 Å². The summed E-state index contributed by atoms with van der Waals surface area (Å²) in [7, 11) is 2.86. The lowest BCUT2D eigenvalue weighted by atomic mass is 10.1. The van der Waals surface area contributed by atoms with Crippen molar-refractivity contribution >= 4 is 40.2 Å². The Balaban J connectivity index is 1.95. The van der Waals surface area contributed by atoms with E-state index in [0.717, 1.165) is 0 Å². The van der Waals surface area contributed by atoms with E-state index in [1.165, 1.54) is 24.9 Å². The van der Waals surface area contributed by atoms with Crippen molar-refractivity contribution in [1.82, 2.24) is 9.55 Å². The molecule has 1 N–H and O–H groups in total. The van der Waals surface area contributed by atoms with Gasteiger partial charge in [0, 0.05) is 18.3 Å². The molecule has 3 rings (SSSR count). The molecule has 9 heteroatoms. The van der Waals surface area contributed by atoms with Crippen LogP contribution in [-0.2, 0) is 16.1 Å². The molecule has 174 valence electrons. The fourth-order valence-electron chi connectivity index (χ4n) is 3.22. The summed E-state index contributed by atoms with van der Waals surface area (Å²) in [6.45, 7) is 6.21. The van der Waals surface area contributed by atoms with Crippen molar-refractivity contribution in [3.63, 3.8) is 0 Å². The number of fused-ring (bicyclic) bond motifs is 1. The molecule has 0 fully saturated rings.